The molecule has 0 aromatic carbocycles. The first kappa shape index (κ1) is 11.8. The summed E-state index contributed by atoms with van der Waals surface area (Å²) < 4.78 is 8.86. The highest BCUT2D eigenvalue weighted by atomic mass is 32.1. The standard InChI is InChI=1S/C3H4N2S.C3H3NOS.H3N/c4-3-1-2-6-5-3;6-3-1-2-5-4-3;/h1-2H,(H2,4,5);1-2H,(H,4,6);1H3. The fraction of sp³-hybridized carbons (Fsp3) is 0. The van der Waals surface area contributed by atoms with E-state index in [4.69, 9.17) is 5.73 Å². The number of nitrogens with zero attached hydrogens (tertiary/aromatic N) is 1. The van der Waals surface area contributed by atoms with Crippen LogP contribution in [0.15, 0.2) is 28.3 Å². The predicted molar refractivity (Wildman–Crippen MR) is 55.4 cm³/mol. The third-order valence-electron chi connectivity index (χ3n) is 0.905. The van der Waals surface area contributed by atoms with Gasteiger partial charge in [-0.15, -0.1) is 0 Å². The molecule has 2 aromatic rings. The fourth-order valence-corrected chi connectivity index (χ4v) is 0.991. The molecule has 0 saturated carbocycles. The lowest BCUT2D eigenvalue weighted by Gasteiger charge is -1.67. The zero-order valence-electron chi connectivity index (χ0n) is 6.77. The van der Waals surface area contributed by atoms with Crippen LogP contribution in [0.3, 0.4) is 0 Å². The van der Waals surface area contributed by atoms with Crippen LogP contribution in [0.4, 0.5) is 5.82 Å². The number of aromatic nitrogens is 2. The monoisotopic (exact) mass is 218 g/mol. The van der Waals surface area contributed by atoms with E-state index < -0.39 is 0 Å². The summed E-state index contributed by atoms with van der Waals surface area (Å²) in [6.07, 6.45) is 1.50. The van der Waals surface area contributed by atoms with Crippen molar-refractivity contribution >= 4 is 29.6 Å². The minimum Gasteiger partial charge on any atom is -0.389 e. The van der Waals surface area contributed by atoms with Crippen LogP contribution in [0.2, 0.25) is 0 Å². The summed E-state index contributed by atoms with van der Waals surface area (Å²) in [4.78, 5) is 0. The zero-order valence-corrected chi connectivity index (χ0v) is 8.40. The Labute approximate surface area is 84.3 Å². The number of nitrogens with two attached hydrogens (primary N) is 1. The molecule has 0 aliphatic heterocycles. The van der Waals surface area contributed by atoms with E-state index in [2.05, 4.69) is 26.3 Å². The smallest absolute Gasteiger partial charge is 0.137 e. The average molecular weight is 218 g/mol. The quantitative estimate of drug-likeness (QED) is 0.588. The van der Waals surface area contributed by atoms with Crippen LogP contribution in [0.5, 0.6) is 0 Å². The fourth-order valence-electron chi connectivity index (χ4n) is 0.444. The summed E-state index contributed by atoms with van der Waals surface area (Å²) in [5.74, 6) is 0.611. The van der Waals surface area contributed by atoms with E-state index in [1.165, 1.54) is 17.8 Å². The van der Waals surface area contributed by atoms with Crippen LogP contribution < -0.4 is 11.9 Å². The van der Waals surface area contributed by atoms with E-state index in [9.17, 15) is 0 Å². The SMILES string of the molecule is N.Nc1ccsn1.S=c1cco[nH]1. The van der Waals surface area contributed by atoms with Crippen molar-refractivity contribution in [3.05, 3.63) is 28.4 Å². The van der Waals surface area contributed by atoms with Gasteiger partial charge in [0.25, 0.3) is 0 Å². The van der Waals surface area contributed by atoms with Gasteiger partial charge in [0.2, 0.25) is 0 Å². The Bertz CT molecular complexity index is 336. The van der Waals surface area contributed by atoms with Gasteiger partial charge in [0.05, 0.1) is 0 Å². The van der Waals surface area contributed by atoms with E-state index in [-0.39, 0.29) is 6.15 Å². The number of nitrogens with one attached hydrogen (secondary N) is 1. The summed E-state index contributed by atoms with van der Waals surface area (Å²) in [6.45, 7) is 0. The van der Waals surface area contributed by atoms with Crippen molar-refractivity contribution in [2.75, 3.05) is 5.73 Å². The van der Waals surface area contributed by atoms with Crippen LogP contribution in [-0.4, -0.2) is 9.53 Å². The predicted octanol–water partition coefficient (Wildman–Crippen LogP) is 2.22. The first-order chi connectivity index (χ1) is 5.79. The Morgan fingerprint density at radius 2 is 2.31 bits per heavy atom. The number of anilines is 1. The molecule has 0 fully saturated rings. The molecule has 2 heterocycles. The maximum atomic E-state index is 5.18. The summed E-state index contributed by atoms with van der Waals surface area (Å²) >= 11 is 5.96. The zero-order chi connectivity index (χ0) is 8.81. The summed E-state index contributed by atoms with van der Waals surface area (Å²) in [6, 6.07) is 3.44. The van der Waals surface area contributed by atoms with Gasteiger partial charge < -0.3 is 16.4 Å². The summed E-state index contributed by atoms with van der Waals surface area (Å²) in [7, 11) is 0. The Morgan fingerprint density at radius 1 is 1.54 bits per heavy atom. The number of H-pyrrole nitrogens is 1. The molecule has 0 saturated heterocycles. The lowest BCUT2D eigenvalue weighted by Crippen LogP contribution is -1.78. The van der Waals surface area contributed by atoms with Crippen molar-refractivity contribution in [2.45, 2.75) is 0 Å². The van der Waals surface area contributed by atoms with Gasteiger partial charge in [-0.25, -0.2) is 5.16 Å². The topological polar surface area (TPSA) is 103 Å². The molecule has 0 bridgehead atoms. The van der Waals surface area contributed by atoms with E-state index in [0.717, 1.165) is 0 Å². The van der Waals surface area contributed by atoms with Crippen LogP contribution in [0, 0.1) is 4.64 Å². The van der Waals surface area contributed by atoms with Gasteiger partial charge in [0.15, 0.2) is 0 Å². The molecule has 6 N–H and O–H groups in total. The van der Waals surface area contributed by atoms with Gasteiger partial charge in [0, 0.05) is 11.4 Å². The van der Waals surface area contributed by atoms with Crippen molar-refractivity contribution in [2.24, 2.45) is 0 Å². The highest BCUT2D eigenvalue weighted by molar-refractivity contribution is 7.71. The largest absolute Gasteiger partial charge is 0.389 e. The Morgan fingerprint density at radius 3 is 2.46 bits per heavy atom. The maximum Gasteiger partial charge on any atom is 0.137 e. The second-order valence-electron chi connectivity index (χ2n) is 1.81. The molecule has 2 rings (SSSR count). The molecule has 0 spiro atoms. The van der Waals surface area contributed by atoms with Crippen molar-refractivity contribution in [1.29, 1.82) is 0 Å². The normalized spacial score (nSPS) is 8.00. The second-order valence-corrected chi connectivity index (χ2v) is 2.92. The number of rotatable bonds is 0. The number of nitrogen functional groups attached to an aromatic ring is 1. The van der Waals surface area contributed by atoms with Crippen molar-refractivity contribution in [3.8, 4) is 0 Å². The lowest BCUT2D eigenvalue weighted by atomic mass is 10.7. The van der Waals surface area contributed by atoms with Crippen LogP contribution in [0.1, 0.15) is 0 Å². The first-order valence-corrected chi connectivity index (χ1v) is 4.31. The maximum absolute atomic E-state index is 5.18. The molecule has 0 amide bonds. The van der Waals surface area contributed by atoms with E-state index in [1.54, 1.807) is 12.1 Å². The van der Waals surface area contributed by atoms with Crippen LogP contribution in [0.25, 0.3) is 0 Å². The lowest BCUT2D eigenvalue weighted by molar-refractivity contribution is 0.417. The molecular formula is C6H10N4OS2. The molecule has 5 nitrogen and oxygen atoms in total. The molecule has 72 valence electrons. The molecule has 0 aliphatic rings. The molecule has 0 unspecified atom stereocenters. The Kier molecular flexibility index (Phi) is 5.77. The highest BCUT2D eigenvalue weighted by Crippen LogP contribution is 1.97. The van der Waals surface area contributed by atoms with Crippen molar-refractivity contribution in [1.82, 2.24) is 15.7 Å². The molecule has 0 radical (unpaired) electrons. The minimum absolute atomic E-state index is 0. The Hall–Kier alpha value is -1.18. The average Bonchev–Trinajstić information content (AvgIpc) is 2.63. The third-order valence-corrected chi connectivity index (χ3v) is 1.70. The summed E-state index contributed by atoms with van der Waals surface area (Å²) in [5, 5.41) is 4.28. The molecule has 0 atom stereocenters. The van der Waals surface area contributed by atoms with Crippen LogP contribution >= 0.6 is 23.8 Å². The molecule has 7 heteroatoms. The molecule has 13 heavy (non-hydrogen) atoms. The van der Waals surface area contributed by atoms with Crippen molar-refractivity contribution < 1.29 is 4.52 Å². The number of hydrogen-bond donors (Lipinski definition) is 3. The number of hydrogen-bond acceptors (Lipinski definition) is 6. The summed E-state index contributed by atoms with van der Waals surface area (Å²) in [5.41, 5.74) is 5.18. The van der Waals surface area contributed by atoms with Gasteiger partial charge in [-0.1, -0.05) is 12.2 Å². The van der Waals surface area contributed by atoms with E-state index >= 15 is 0 Å². The van der Waals surface area contributed by atoms with Gasteiger partial charge in [0.1, 0.15) is 16.7 Å². The molecule has 0 aliphatic carbocycles. The highest BCUT2D eigenvalue weighted by Gasteiger charge is 1.76. The van der Waals surface area contributed by atoms with Crippen molar-refractivity contribution in [3.63, 3.8) is 0 Å². The van der Waals surface area contributed by atoms with Gasteiger partial charge in [-0.3, -0.25) is 0 Å². The van der Waals surface area contributed by atoms with E-state index in [1.807, 2.05) is 5.38 Å². The van der Waals surface area contributed by atoms with Crippen LogP contribution in [-0.2, 0) is 0 Å². The molecule has 2 aromatic heterocycles. The minimum atomic E-state index is 0. The van der Waals surface area contributed by atoms with Gasteiger partial charge in [-0.2, -0.15) is 4.37 Å². The third kappa shape index (κ3) is 5.12. The molecular weight excluding hydrogens is 208 g/mol. The Balaban J connectivity index is 0.000000206. The van der Waals surface area contributed by atoms with Gasteiger partial charge >= 0.3 is 0 Å². The van der Waals surface area contributed by atoms with Gasteiger partial charge in [-0.05, 0) is 17.6 Å². The van der Waals surface area contributed by atoms with E-state index in [0.29, 0.717) is 10.5 Å². The number of aromatic amines is 1. The second kappa shape index (κ2) is 6.35. The first-order valence-electron chi connectivity index (χ1n) is 3.07.